The van der Waals surface area contributed by atoms with E-state index in [0.717, 1.165) is 37.1 Å². The van der Waals surface area contributed by atoms with E-state index >= 15 is 0 Å². The first-order valence-electron chi connectivity index (χ1n) is 7.87. The Morgan fingerprint density at radius 3 is 2.52 bits per heavy atom. The number of carbonyl (C=O) groups excluding carboxylic acids is 1. The van der Waals surface area contributed by atoms with Gasteiger partial charge in [-0.3, -0.25) is 4.79 Å². The van der Waals surface area contributed by atoms with Crippen LogP contribution in [-0.2, 0) is 4.79 Å². The van der Waals surface area contributed by atoms with Crippen LogP contribution in [0.5, 0.6) is 0 Å². The van der Waals surface area contributed by atoms with Gasteiger partial charge in [-0.15, -0.1) is 0 Å². The minimum atomic E-state index is 0.0222. The van der Waals surface area contributed by atoms with Crippen LogP contribution < -0.4 is 10.6 Å². The number of nitrogens with zero attached hydrogens (tertiary/aromatic N) is 2. The van der Waals surface area contributed by atoms with Crippen LogP contribution in [0.2, 0.25) is 0 Å². The third kappa shape index (κ3) is 3.56. The Morgan fingerprint density at radius 1 is 1.29 bits per heavy atom. The van der Waals surface area contributed by atoms with Crippen LogP contribution in [0.1, 0.15) is 44.2 Å². The van der Waals surface area contributed by atoms with Gasteiger partial charge in [-0.25, -0.2) is 0 Å². The van der Waals surface area contributed by atoms with E-state index in [0.29, 0.717) is 6.42 Å². The summed E-state index contributed by atoms with van der Waals surface area (Å²) in [6.07, 6.45) is 3.48. The molecule has 2 N–H and O–H groups in total. The van der Waals surface area contributed by atoms with Crippen LogP contribution in [0.3, 0.4) is 0 Å². The van der Waals surface area contributed by atoms with Crippen molar-refractivity contribution >= 4 is 11.6 Å². The van der Waals surface area contributed by atoms with Crippen molar-refractivity contribution in [1.29, 1.82) is 0 Å². The van der Waals surface area contributed by atoms with Gasteiger partial charge < -0.3 is 15.5 Å². The number of hydrogen-bond donors (Lipinski definition) is 1. The van der Waals surface area contributed by atoms with Gasteiger partial charge in [0.25, 0.3) is 0 Å². The second-order valence-electron chi connectivity index (χ2n) is 6.07. The Hall–Kier alpha value is -1.55. The maximum absolute atomic E-state index is 12.3. The molecule has 1 aliphatic heterocycles. The van der Waals surface area contributed by atoms with Crippen LogP contribution >= 0.6 is 0 Å². The van der Waals surface area contributed by atoms with E-state index in [9.17, 15) is 4.79 Å². The van der Waals surface area contributed by atoms with Crippen molar-refractivity contribution in [3.05, 3.63) is 29.8 Å². The highest BCUT2D eigenvalue weighted by molar-refractivity contribution is 5.78. The monoisotopic (exact) mass is 289 g/mol. The molecule has 0 aromatic heterocycles. The number of unbranched alkanes of at least 4 members (excludes halogenated alkanes) is 1. The van der Waals surface area contributed by atoms with E-state index < -0.39 is 0 Å². The number of hydrogen-bond acceptors (Lipinski definition) is 3. The van der Waals surface area contributed by atoms with Crippen LogP contribution in [0, 0.1) is 0 Å². The van der Waals surface area contributed by atoms with Crippen molar-refractivity contribution in [3.8, 4) is 0 Å². The summed E-state index contributed by atoms with van der Waals surface area (Å²) >= 11 is 0. The van der Waals surface area contributed by atoms with Crippen LogP contribution in [0.4, 0.5) is 5.69 Å². The van der Waals surface area contributed by atoms with Gasteiger partial charge >= 0.3 is 0 Å². The van der Waals surface area contributed by atoms with Crippen molar-refractivity contribution < 1.29 is 4.79 Å². The first kappa shape index (κ1) is 15.8. The molecule has 2 atom stereocenters. The van der Waals surface area contributed by atoms with Crippen LogP contribution in [0.25, 0.3) is 0 Å². The van der Waals surface area contributed by atoms with Gasteiger partial charge in [0.2, 0.25) is 5.91 Å². The van der Waals surface area contributed by atoms with E-state index in [1.807, 2.05) is 19.0 Å². The molecule has 4 nitrogen and oxygen atoms in total. The molecular formula is C17H27N3O. The quantitative estimate of drug-likeness (QED) is 0.906. The molecule has 1 saturated heterocycles. The molecule has 1 fully saturated rings. The topological polar surface area (TPSA) is 49.6 Å². The zero-order valence-corrected chi connectivity index (χ0v) is 13.4. The molecule has 0 radical (unpaired) electrons. The van der Waals surface area contributed by atoms with Crippen LogP contribution in [-0.4, -0.2) is 37.5 Å². The second kappa shape index (κ2) is 6.94. The molecular weight excluding hydrogens is 262 g/mol. The summed E-state index contributed by atoms with van der Waals surface area (Å²) in [7, 11) is 4.05. The van der Waals surface area contributed by atoms with Gasteiger partial charge in [-0.1, -0.05) is 25.5 Å². The fourth-order valence-electron chi connectivity index (χ4n) is 2.97. The summed E-state index contributed by atoms with van der Waals surface area (Å²) in [6, 6.07) is 8.46. The second-order valence-corrected chi connectivity index (χ2v) is 6.07. The summed E-state index contributed by atoms with van der Waals surface area (Å²) in [4.78, 5) is 16.3. The molecule has 1 aliphatic rings. The molecule has 21 heavy (non-hydrogen) atoms. The predicted octanol–water partition coefficient (Wildman–Crippen LogP) is 2.54. The van der Waals surface area contributed by atoms with E-state index in [1.54, 1.807) is 0 Å². The average molecular weight is 289 g/mol. The Bertz CT molecular complexity index is 469. The van der Waals surface area contributed by atoms with E-state index in [1.165, 1.54) is 0 Å². The minimum Gasteiger partial charge on any atom is -0.378 e. The number of likely N-dealkylation sites (tertiary alicyclic amines) is 1. The normalized spacial score (nSPS) is 22.5. The standard InChI is InChI=1S/C17H27N3O/c1-4-5-12-20-16(21)11-10-15(18)17(20)13-6-8-14(9-7-13)19(2)3/h6-9,15,17H,4-5,10-12,18H2,1-3H3. The number of rotatable bonds is 5. The maximum Gasteiger partial charge on any atom is 0.223 e. The lowest BCUT2D eigenvalue weighted by Crippen LogP contribution is -2.49. The van der Waals surface area contributed by atoms with E-state index in [4.69, 9.17) is 5.73 Å². The molecule has 1 aromatic carbocycles. The molecule has 0 spiro atoms. The number of amides is 1. The summed E-state index contributed by atoms with van der Waals surface area (Å²) in [5.74, 6) is 0.242. The zero-order valence-electron chi connectivity index (χ0n) is 13.4. The van der Waals surface area contributed by atoms with Gasteiger partial charge in [-0.05, 0) is 30.5 Å². The first-order chi connectivity index (χ1) is 10.0. The fourth-order valence-corrected chi connectivity index (χ4v) is 2.97. The average Bonchev–Trinajstić information content (AvgIpc) is 2.48. The lowest BCUT2D eigenvalue weighted by molar-refractivity contribution is -0.137. The molecule has 4 heteroatoms. The lowest BCUT2D eigenvalue weighted by atomic mass is 9.90. The highest BCUT2D eigenvalue weighted by atomic mass is 16.2. The SMILES string of the molecule is CCCCN1C(=O)CCC(N)C1c1ccc(N(C)C)cc1. The summed E-state index contributed by atoms with van der Waals surface area (Å²) < 4.78 is 0. The molecule has 0 saturated carbocycles. The van der Waals surface area contributed by atoms with Crippen LogP contribution in [0.15, 0.2) is 24.3 Å². The highest BCUT2D eigenvalue weighted by Gasteiger charge is 2.34. The summed E-state index contributed by atoms with van der Waals surface area (Å²) in [5.41, 5.74) is 8.64. The third-order valence-electron chi connectivity index (χ3n) is 4.26. The number of carbonyl (C=O) groups is 1. The lowest BCUT2D eigenvalue weighted by Gasteiger charge is -2.40. The molecule has 0 aliphatic carbocycles. The zero-order chi connectivity index (χ0) is 15.4. The van der Waals surface area contributed by atoms with Gasteiger partial charge in [0.1, 0.15) is 0 Å². The summed E-state index contributed by atoms with van der Waals surface area (Å²) in [5, 5.41) is 0. The first-order valence-corrected chi connectivity index (χ1v) is 7.87. The third-order valence-corrected chi connectivity index (χ3v) is 4.26. The highest BCUT2D eigenvalue weighted by Crippen LogP contribution is 2.32. The molecule has 2 unspecified atom stereocenters. The van der Waals surface area contributed by atoms with E-state index in [-0.39, 0.29) is 18.0 Å². The number of benzene rings is 1. The van der Waals surface area contributed by atoms with Crippen molar-refractivity contribution in [1.82, 2.24) is 4.90 Å². The number of nitrogens with two attached hydrogens (primary N) is 1. The van der Waals surface area contributed by atoms with E-state index in [2.05, 4.69) is 36.1 Å². The van der Waals surface area contributed by atoms with Crippen molar-refractivity contribution in [2.45, 2.75) is 44.7 Å². The van der Waals surface area contributed by atoms with Gasteiger partial charge in [-0.2, -0.15) is 0 Å². The Labute approximate surface area is 127 Å². The molecule has 2 rings (SSSR count). The number of anilines is 1. The Kier molecular flexibility index (Phi) is 5.23. The number of piperidine rings is 1. The fraction of sp³-hybridized carbons (Fsp3) is 0.588. The van der Waals surface area contributed by atoms with Gasteiger partial charge in [0.15, 0.2) is 0 Å². The van der Waals surface area contributed by atoms with Crippen molar-refractivity contribution in [2.24, 2.45) is 5.73 Å². The molecule has 0 bridgehead atoms. The molecule has 1 heterocycles. The van der Waals surface area contributed by atoms with Crippen molar-refractivity contribution in [3.63, 3.8) is 0 Å². The molecule has 1 aromatic rings. The molecule has 1 amide bonds. The minimum absolute atomic E-state index is 0.0222. The van der Waals surface area contributed by atoms with Gasteiger partial charge in [0, 0.05) is 38.8 Å². The van der Waals surface area contributed by atoms with Gasteiger partial charge in [0.05, 0.1) is 6.04 Å². The Balaban J connectivity index is 2.24. The maximum atomic E-state index is 12.3. The Morgan fingerprint density at radius 2 is 1.95 bits per heavy atom. The predicted molar refractivity (Wildman–Crippen MR) is 87.3 cm³/mol. The smallest absolute Gasteiger partial charge is 0.223 e. The summed E-state index contributed by atoms with van der Waals surface area (Å²) in [6.45, 7) is 2.96. The van der Waals surface area contributed by atoms with Crippen molar-refractivity contribution in [2.75, 3.05) is 25.5 Å². The molecule has 116 valence electrons. The largest absolute Gasteiger partial charge is 0.378 e.